The summed E-state index contributed by atoms with van der Waals surface area (Å²) in [6.45, 7) is 1.84. The maximum absolute atomic E-state index is 12.5. The van der Waals surface area contributed by atoms with E-state index in [1.54, 1.807) is 60.8 Å². The van der Waals surface area contributed by atoms with Crippen molar-refractivity contribution in [2.24, 2.45) is 0 Å². The molecule has 2 N–H and O–H groups in total. The zero-order valence-corrected chi connectivity index (χ0v) is 14.7. The van der Waals surface area contributed by atoms with Gasteiger partial charge in [-0.1, -0.05) is 17.7 Å². The Balaban J connectivity index is 1.76. The van der Waals surface area contributed by atoms with E-state index in [9.17, 15) is 4.79 Å². The second kappa shape index (κ2) is 7.68. The highest BCUT2D eigenvalue weighted by Crippen LogP contribution is 2.24. The van der Waals surface area contributed by atoms with Crippen molar-refractivity contribution in [1.82, 2.24) is 4.98 Å². The third-order valence-corrected chi connectivity index (χ3v) is 4.22. The van der Waals surface area contributed by atoms with Crippen LogP contribution in [0.15, 0.2) is 60.8 Å². The number of anilines is 3. The number of carbonyl (C=O) groups excluding carboxylic acids is 1. The lowest BCUT2D eigenvalue weighted by Gasteiger charge is -2.10. The number of hydrogen-bond donors (Lipinski definition) is 2. The Bertz CT molecular complexity index is 993. The molecule has 0 unspecified atom stereocenters. The zero-order chi connectivity index (χ0) is 18.5. The summed E-state index contributed by atoms with van der Waals surface area (Å²) in [5, 5.41) is 15.4. The normalized spacial score (nSPS) is 10.0. The predicted octanol–water partition coefficient (Wildman–Crippen LogP) is 4.91. The molecule has 0 aliphatic rings. The fraction of sp³-hybridized carbons (Fsp3) is 0.0500. The van der Waals surface area contributed by atoms with Crippen molar-refractivity contribution in [3.63, 3.8) is 0 Å². The van der Waals surface area contributed by atoms with E-state index in [2.05, 4.69) is 21.7 Å². The van der Waals surface area contributed by atoms with E-state index in [1.807, 2.05) is 6.92 Å². The first-order valence-corrected chi connectivity index (χ1v) is 8.24. The number of pyridine rings is 1. The number of amides is 1. The molecule has 0 radical (unpaired) electrons. The molecule has 0 fully saturated rings. The molecule has 3 aromatic rings. The second-order valence-corrected chi connectivity index (χ2v) is 6.02. The fourth-order valence-corrected chi connectivity index (χ4v) is 2.53. The van der Waals surface area contributed by atoms with Crippen LogP contribution in [0.2, 0.25) is 5.02 Å². The molecular weight excluding hydrogens is 348 g/mol. The van der Waals surface area contributed by atoms with Crippen LogP contribution < -0.4 is 10.6 Å². The van der Waals surface area contributed by atoms with Crippen molar-refractivity contribution >= 4 is 34.6 Å². The molecule has 5 nitrogen and oxygen atoms in total. The Hall–Kier alpha value is -3.36. The van der Waals surface area contributed by atoms with Crippen molar-refractivity contribution in [2.75, 3.05) is 10.6 Å². The SMILES string of the molecule is Cc1c(Cl)cccc1NC(=O)c1cc(Nc2ccc(C#N)cc2)ccn1. The minimum absolute atomic E-state index is 0.281. The van der Waals surface area contributed by atoms with Crippen molar-refractivity contribution in [3.05, 3.63) is 82.6 Å². The lowest BCUT2D eigenvalue weighted by Crippen LogP contribution is -2.14. The molecule has 1 amide bonds. The first-order valence-electron chi connectivity index (χ1n) is 7.86. The minimum Gasteiger partial charge on any atom is -0.355 e. The molecule has 0 bridgehead atoms. The Morgan fingerprint density at radius 2 is 1.88 bits per heavy atom. The highest BCUT2D eigenvalue weighted by molar-refractivity contribution is 6.31. The highest BCUT2D eigenvalue weighted by atomic mass is 35.5. The number of rotatable bonds is 4. The molecule has 0 saturated heterocycles. The quantitative estimate of drug-likeness (QED) is 0.691. The fourth-order valence-electron chi connectivity index (χ4n) is 2.36. The summed E-state index contributed by atoms with van der Waals surface area (Å²) in [5.41, 5.74) is 3.85. The van der Waals surface area contributed by atoms with Crippen LogP contribution in [0, 0.1) is 18.3 Å². The van der Waals surface area contributed by atoms with E-state index in [0.29, 0.717) is 16.3 Å². The van der Waals surface area contributed by atoms with Crippen LogP contribution in [-0.2, 0) is 0 Å². The average Bonchev–Trinajstić information content (AvgIpc) is 2.66. The van der Waals surface area contributed by atoms with Crippen LogP contribution in [-0.4, -0.2) is 10.9 Å². The number of halogens is 1. The third kappa shape index (κ3) is 4.00. The summed E-state index contributed by atoms with van der Waals surface area (Å²) in [6, 6.07) is 17.9. The van der Waals surface area contributed by atoms with Gasteiger partial charge in [-0.2, -0.15) is 5.26 Å². The monoisotopic (exact) mass is 362 g/mol. The number of aromatic nitrogens is 1. The summed E-state index contributed by atoms with van der Waals surface area (Å²) >= 11 is 6.08. The van der Waals surface area contributed by atoms with Crippen LogP contribution in [0.3, 0.4) is 0 Å². The summed E-state index contributed by atoms with van der Waals surface area (Å²) in [7, 11) is 0. The van der Waals surface area contributed by atoms with Gasteiger partial charge in [0.2, 0.25) is 0 Å². The highest BCUT2D eigenvalue weighted by Gasteiger charge is 2.11. The second-order valence-electron chi connectivity index (χ2n) is 5.61. The largest absolute Gasteiger partial charge is 0.355 e. The molecule has 0 aliphatic heterocycles. The van der Waals surface area contributed by atoms with Crippen molar-refractivity contribution in [3.8, 4) is 6.07 Å². The molecule has 0 atom stereocenters. The zero-order valence-electron chi connectivity index (χ0n) is 14.0. The molecule has 0 aliphatic carbocycles. The van der Waals surface area contributed by atoms with Crippen LogP contribution in [0.5, 0.6) is 0 Å². The van der Waals surface area contributed by atoms with Gasteiger partial charge in [0.1, 0.15) is 5.69 Å². The van der Waals surface area contributed by atoms with E-state index >= 15 is 0 Å². The number of nitrogens with zero attached hydrogens (tertiary/aromatic N) is 2. The maximum Gasteiger partial charge on any atom is 0.274 e. The number of carbonyl (C=O) groups is 1. The first kappa shape index (κ1) is 17.5. The van der Waals surface area contributed by atoms with Gasteiger partial charge in [-0.05, 0) is 61.0 Å². The van der Waals surface area contributed by atoms with Gasteiger partial charge in [-0.15, -0.1) is 0 Å². The van der Waals surface area contributed by atoms with E-state index in [4.69, 9.17) is 16.9 Å². The van der Waals surface area contributed by atoms with Crippen LogP contribution in [0.1, 0.15) is 21.6 Å². The molecule has 128 valence electrons. The number of hydrogen-bond acceptors (Lipinski definition) is 4. The molecular formula is C20H15ClN4O. The number of nitriles is 1. The van der Waals surface area contributed by atoms with E-state index in [-0.39, 0.29) is 11.6 Å². The minimum atomic E-state index is -0.321. The molecule has 6 heteroatoms. The van der Waals surface area contributed by atoms with Crippen LogP contribution in [0.4, 0.5) is 17.1 Å². The van der Waals surface area contributed by atoms with Crippen molar-refractivity contribution in [1.29, 1.82) is 5.26 Å². The summed E-state index contributed by atoms with van der Waals surface area (Å²) < 4.78 is 0. The van der Waals surface area contributed by atoms with Gasteiger partial charge in [-0.3, -0.25) is 9.78 Å². The molecule has 26 heavy (non-hydrogen) atoms. The Kier molecular flexibility index (Phi) is 5.16. The van der Waals surface area contributed by atoms with Gasteiger partial charge in [0.15, 0.2) is 0 Å². The smallest absolute Gasteiger partial charge is 0.274 e. The standard InChI is InChI=1S/C20H15ClN4O/c1-13-17(21)3-2-4-18(13)25-20(26)19-11-16(9-10-23-19)24-15-7-5-14(12-22)6-8-15/h2-11H,1H3,(H,23,24)(H,25,26). The van der Waals surface area contributed by atoms with Crippen molar-refractivity contribution < 1.29 is 4.79 Å². The molecule has 0 saturated carbocycles. The molecule has 3 rings (SSSR count). The number of benzene rings is 2. The number of nitrogens with one attached hydrogen (secondary N) is 2. The van der Waals surface area contributed by atoms with Gasteiger partial charge < -0.3 is 10.6 Å². The first-order chi connectivity index (χ1) is 12.6. The van der Waals surface area contributed by atoms with Gasteiger partial charge >= 0.3 is 0 Å². The van der Waals surface area contributed by atoms with E-state index in [0.717, 1.165) is 16.9 Å². The van der Waals surface area contributed by atoms with Crippen molar-refractivity contribution in [2.45, 2.75) is 6.92 Å². The van der Waals surface area contributed by atoms with E-state index < -0.39 is 0 Å². The average molecular weight is 363 g/mol. The molecule has 0 spiro atoms. The summed E-state index contributed by atoms with van der Waals surface area (Å²) in [5.74, 6) is -0.321. The van der Waals surface area contributed by atoms with Gasteiger partial charge in [0.25, 0.3) is 5.91 Å². The van der Waals surface area contributed by atoms with Crippen LogP contribution >= 0.6 is 11.6 Å². The van der Waals surface area contributed by atoms with E-state index in [1.165, 1.54) is 0 Å². The van der Waals surface area contributed by atoms with Gasteiger partial charge in [0, 0.05) is 28.3 Å². The summed E-state index contributed by atoms with van der Waals surface area (Å²) in [6.07, 6.45) is 1.56. The maximum atomic E-state index is 12.5. The van der Waals surface area contributed by atoms with Gasteiger partial charge in [-0.25, -0.2) is 0 Å². The lowest BCUT2D eigenvalue weighted by molar-refractivity contribution is 0.102. The lowest BCUT2D eigenvalue weighted by atomic mass is 10.2. The third-order valence-electron chi connectivity index (χ3n) is 3.81. The molecule has 2 aromatic carbocycles. The van der Waals surface area contributed by atoms with Gasteiger partial charge in [0.05, 0.1) is 11.6 Å². The topological polar surface area (TPSA) is 77.8 Å². The van der Waals surface area contributed by atoms with Crippen LogP contribution in [0.25, 0.3) is 0 Å². The Morgan fingerprint density at radius 1 is 1.12 bits per heavy atom. The Morgan fingerprint density at radius 3 is 2.62 bits per heavy atom. The molecule has 1 aromatic heterocycles. The Labute approximate surface area is 156 Å². The predicted molar refractivity (Wildman–Crippen MR) is 103 cm³/mol. The molecule has 1 heterocycles. The summed E-state index contributed by atoms with van der Waals surface area (Å²) in [4.78, 5) is 16.6.